The van der Waals surface area contributed by atoms with Gasteiger partial charge in [0.05, 0.1) is 23.9 Å². The molecule has 2 aromatic heterocycles. The van der Waals surface area contributed by atoms with Gasteiger partial charge in [-0.2, -0.15) is 0 Å². The molecule has 5 nitrogen and oxygen atoms in total. The Kier molecular flexibility index (Phi) is 7.54. The summed E-state index contributed by atoms with van der Waals surface area (Å²) in [6, 6.07) is 1.87. The lowest BCUT2D eigenvalue weighted by Gasteiger charge is -2.28. The number of amides is 1. The molecule has 0 atom stereocenters. The van der Waals surface area contributed by atoms with Crippen LogP contribution in [0.5, 0.6) is 0 Å². The summed E-state index contributed by atoms with van der Waals surface area (Å²) in [5.74, 6) is 0.00592. The third-order valence-electron chi connectivity index (χ3n) is 4.02. The number of thiazole rings is 1. The predicted octanol–water partition coefficient (Wildman–Crippen LogP) is 3.18. The van der Waals surface area contributed by atoms with Crippen molar-refractivity contribution >= 4 is 42.1 Å². The molecule has 3 rings (SSSR count). The smallest absolute Gasteiger partial charge is 0.226 e. The van der Waals surface area contributed by atoms with Crippen LogP contribution in [0.15, 0.2) is 28.4 Å². The van der Waals surface area contributed by atoms with Gasteiger partial charge in [-0.15, -0.1) is 36.2 Å². The van der Waals surface area contributed by atoms with Crippen molar-refractivity contribution in [3.8, 4) is 10.6 Å². The van der Waals surface area contributed by atoms with Crippen molar-refractivity contribution in [1.29, 1.82) is 0 Å². The van der Waals surface area contributed by atoms with Crippen LogP contribution in [0.4, 0.5) is 0 Å². The van der Waals surface area contributed by atoms with Crippen molar-refractivity contribution in [2.45, 2.75) is 37.6 Å². The number of hydrogen-bond donors (Lipinski definition) is 2. The molecule has 1 amide bonds. The fourth-order valence-corrected chi connectivity index (χ4v) is 3.65. The lowest BCUT2D eigenvalue weighted by molar-refractivity contribution is -0.122. The van der Waals surface area contributed by atoms with Crippen LogP contribution in [0.3, 0.4) is 0 Å². The van der Waals surface area contributed by atoms with E-state index in [1.807, 2.05) is 11.4 Å². The molecule has 2 heterocycles. The molecule has 0 saturated heterocycles. The van der Waals surface area contributed by atoms with E-state index >= 15 is 0 Å². The summed E-state index contributed by atoms with van der Waals surface area (Å²) in [4.78, 5) is 16.7. The van der Waals surface area contributed by atoms with E-state index in [1.54, 1.807) is 12.5 Å². The van der Waals surface area contributed by atoms with E-state index in [4.69, 9.17) is 10.2 Å². The summed E-state index contributed by atoms with van der Waals surface area (Å²) in [7, 11) is 0. The fourth-order valence-electron chi connectivity index (χ4n) is 2.84. The van der Waals surface area contributed by atoms with Gasteiger partial charge in [-0.05, 0) is 18.9 Å². The van der Waals surface area contributed by atoms with E-state index in [9.17, 15) is 4.79 Å². The summed E-state index contributed by atoms with van der Waals surface area (Å²) in [5, 5.41) is 5.91. The topological polar surface area (TPSA) is 81.1 Å². The molecule has 0 spiro atoms. The highest BCUT2D eigenvalue weighted by atomic mass is 35.5. The Morgan fingerprint density at radius 1 is 1.39 bits per heavy atom. The summed E-state index contributed by atoms with van der Waals surface area (Å²) < 4.78 is 5.05. The number of hydrogen-bond acceptors (Lipinski definition) is 5. The van der Waals surface area contributed by atoms with E-state index in [0.29, 0.717) is 13.0 Å². The summed E-state index contributed by atoms with van der Waals surface area (Å²) in [6.07, 6.45) is 7.81. The molecule has 0 bridgehead atoms. The molecule has 1 aliphatic carbocycles. The van der Waals surface area contributed by atoms with Crippen molar-refractivity contribution in [2.24, 2.45) is 5.73 Å². The zero-order chi connectivity index (χ0) is 14.7. The molecule has 0 unspecified atom stereocenters. The lowest BCUT2D eigenvalue weighted by atomic mass is 9.97. The molecule has 2 aromatic rings. The molecule has 3 N–H and O–H groups in total. The second kappa shape index (κ2) is 8.68. The van der Waals surface area contributed by atoms with E-state index in [-0.39, 0.29) is 36.3 Å². The molecule has 128 valence electrons. The minimum atomic E-state index is -0.194. The normalized spacial score (nSPS) is 15.5. The van der Waals surface area contributed by atoms with Crippen LogP contribution in [-0.2, 0) is 11.2 Å². The molecule has 1 saturated carbocycles. The van der Waals surface area contributed by atoms with Gasteiger partial charge < -0.3 is 15.5 Å². The minimum absolute atomic E-state index is 0. The molecule has 0 aliphatic heterocycles. The van der Waals surface area contributed by atoms with E-state index < -0.39 is 0 Å². The summed E-state index contributed by atoms with van der Waals surface area (Å²) >= 11 is 1.52. The molecule has 1 aliphatic rings. The third-order valence-corrected chi connectivity index (χ3v) is 4.96. The Bertz CT molecular complexity index is 610. The average molecular weight is 378 g/mol. The second-order valence-corrected chi connectivity index (χ2v) is 6.43. The van der Waals surface area contributed by atoms with Crippen molar-refractivity contribution < 1.29 is 9.21 Å². The first-order chi connectivity index (χ1) is 10.2. The Hall–Kier alpha value is -1.08. The number of nitrogens with one attached hydrogen (secondary N) is 1. The monoisotopic (exact) mass is 377 g/mol. The predicted molar refractivity (Wildman–Crippen MR) is 96.4 cm³/mol. The molecular weight excluding hydrogens is 357 g/mol. The lowest BCUT2D eigenvalue weighted by Crippen LogP contribution is -2.52. The number of furan rings is 1. The molecule has 0 radical (unpaired) electrons. The van der Waals surface area contributed by atoms with Crippen molar-refractivity contribution in [3.63, 3.8) is 0 Å². The molecule has 1 fully saturated rings. The highest BCUT2D eigenvalue weighted by Crippen LogP contribution is 2.29. The van der Waals surface area contributed by atoms with Crippen LogP contribution in [-0.4, -0.2) is 23.0 Å². The molecular formula is C15H21Cl2N3O2S. The van der Waals surface area contributed by atoms with E-state index in [2.05, 4.69) is 10.3 Å². The van der Waals surface area contributed by atoms with Crippen molar-refractivity contribution in [2.75, 3.05) is 6.54 Å². The van der Waals surface area contributed by atoms with Crippen LogP contribution in [0.25, 0.3) is 10.6 Å². The maximum Gasteiger partial charge on any atom is 0.226 e. The standard InChI is InChI=1S/C15H19N3O2S.2ClH/c16-10-15(4-1-2-5-15)18-13(19)7-12-9-21-14(17-12)11-3-6-20-8-11;;/h3,6,8-9H,1-2,4-5,7,10,16H2,(H,18,19);2*1H. The average Bonchev–Trinajstić information content (AvgIpc) is 3.19. The SMILES string of the molecule is Cl.Cl.NCC1(NC(=O)Cc2csc(-c3ccoc3)n2)CCCC1. The number of carbonyl (C=O) groups excluding carboxylic acids is 1. The van der Waals surface area contributed by atoms with E-state index in [0.717, 1.165) is 41.9 Å². The first-order valence-corrected chi connectivity index (χ1v) is 8.07. The van der Waals surface area contributed by atoms with Crippen LogP contribution in [0.1, 0.15) is 31.4 Å². The van der Waals surface area contributed by atoms with Crippen molar-refractivity contribution in [1.82, 2.24) is 10.3 Å². The number of nitrogens with two attached hydrogens (primary N) is 1. The third kappa shape index (κ3) is 4.70. The van der Waals surface area contributed by atoms with Gasteiger partial charge in [0.1, 0.15) is 11.3 Å². The highest BCUT2D eigenvalue weighted by molar-refractivity contribution is 7.13. The maximum absolute atomic E-state index is 12.2. The minimum Gasteiger partial charge on any atom is -0.472 e. The fraction of sp³-hybridized carbons (Fsp3) is 0.467. The van der Waals surface area contributed by atoms with Crippen LogP contribution < -0.4 is 11.1 Å². The van der Waals surface area contributed by atoms with Gasteiger partial charge in [-0.3, -0.25) is 4.79 Å². The zero-order valence-corrected chi connectivity index (χ0v) is 15.1. The Morgan fingerprint density at radius 2 is 2.13 bits per heavy atom. The number of rotatable bonds is 5. The second-order valence-electron chi connectivity index (χ2n) is 5.57. The number of carbonyl (C=O) groups is 1. The first-order valence-electron chi connectivity index (χ1n) is 7.19. The molecule has 8 heteroatoms. The summed E-state index contributed by atoms with van der Waals surface area (Å²) in [5.41, 5.74) is 7.38. The Morgan fingerprint density at radius 3 is 2.74 bits per heavy atom. The Labute approximate surface area is 151 Å². The number of aromatic nitrogens is 1. The molecule has 0 aromatic carbocycles. The maximum atomic E-state index is 12.2. The van der Waals surface area contributed by atoms with Crippen LogP contribution >= 0.6 is 36.2 Å². The van der Waals surface area contributed by atoms with E-state index in [1.165, 1.54) is 11.3 Å². The van der Waals surface area contributed by atoms with Crippen LogP contribution in [0, 0.1) is 0 Å². The quantitative estimate of drug-likeness (QED) is 0.837. The Balaban J connectivity index is 0.00000132. The largest absolute Gasteiger partial charge is 0.472 e. The number of nitrogens with zero attached hydrogens (tertiary/aromatic N) is 1. The van der Waals surface area contributed by atoms with Crippen molar-refractivity contribution in [3.05, 3.63) is 29.7 Å². The van der Waals surface area contributed by atoms with Gasteiger partial charge in [0.2, 0.25) is 5.91 Å². The zero-order valence-electron chi connectivity index (χ0n) is 12.6. The highest BCUT2D eigenvalue weighted by Gasteiger charge is 2.33. The summed E-state index contributed by atoms with van der Waals surface area (Å²) in [6.45, 7) is 0.510. The first kappa shape index (κ1) is 20.0. The van der Waals surface area contributed by atoms with Gasteiger partial charge >= 0.3 is 0 Å². The van der Waals surface area contributed by atoms with Gasteiger partial charge in [-0.1, -0.05) is 12.8 Å². The van der Waals surface area contributed by atoms with Gasteiger partial charge in [-0.25, -0.2) is 4.98 Å². The van der Waals surface area contributed by atoms with Gasteiger partial charge in [0.15, 0.2) is 0 Å². The van der Waals surface area contributed by atoms with Crippen LogP contribution in [0.2, 0.25) is 0 Å². The molecule has 23 heavy (non-hydrogen) atoms. The van der Waals surface area contributed by atoms with Gasteiger partial charge in [0, 0.05) is 17.5 Å². The van der Waals surface area contributed by atoms with Gasteiger partial charge in [0.25, 0.3) is 0 Å². The number of halogens is 2.